The first-order valence-electron chi connectivity index (χ1n) is 6.88. The Balaban J connectivity index is 1.42. The second-order valence-electron chi connectivity index (χ2n) is 5.00. The molecule has 2 rings (SSSR count). The van der Waals surface area contributed by atoms with Crippen LogP contribution in [-0.2, 0) is 9.47 Å². The zero-order chi connectivity index (χ0) is 11.1. The van der Waals surface area contributed by atoms with E-state index in [1.165, 1.54) is 38.5 Å². The monoisotopic (exact) mass is 227 g/mol. The van der Waals surface area contributed by atoms with Crippen LogP contribution in [-0.4, -0.2) is 38.5 Å². The molecule has 0 spiro atoms. The highest BCUT2D eigenvalue weighted by molar-refractivity contribution is 4.70. The Morgan fingerprint density at radius 2 is 2.00 bits per heavy atom. The lowest BCUT2D eigenvalue weighted by Crippen LogP contribution is -2.37. The Morgan fingerprint density at radius 1 is 1.12 bits per heavy atom. The normalized spacial score (nSPS) is 27.4. The van der Waals surface area contributed by atoms with Crippen LogP contribution in [0.3, 0.4) is 0 Å². The maximum absolute atomic E-state index is 5.82. The number of rotatable bonds is 6. The van der Waals surface area contributed by atoms with E-state index in [-0.39, 0.29) is 0 Å². The van der Waals surface area contributed by atoms with Gasteiger partial charge in [0, 0.05) is 19.3 Å². The summed E-state index contributed by atoms with van der Waals surface area (Å²) in [5.41, 5.74) is 0. The lowest BCUT2D eigenvalue weighted by molar-refractivity contribution is 0.0514. The number of nitrogens with one attached hydrogen (secondary N) is 1. The molecular formula is C13H25NO2. The van der Waals surface area contributed by atoms with Gasteiger partial charge in [0.25, 0.3) is 0 Å². The van der Waals surface area contributed by atoms with Gasteiger partial charge in [-0.15, -0.1) is 0 Å². The van der Waals surface area contributed by atoms with Crippen LogP contribution in [0.5, 0.6) is 0 Å². The van der Waals surface area contributed by atoms with E-state index >= 15 is 0 Å². The highest BCUT2D eigenvalue weighted by Crippen LogP contribution is 2.20. The van der Waals surface area contributed by atoms with Crippen LogP contribution in [0.1, 0.15) is 44.9 Å². The fraction of sp³-hybridized carbons (Fsp3) is 1.00. The molecule has 94 valence electrons. The zero-order valence-corrected chi connectivity index (χ0v) is 10.2. The quantitative estimate of drug-likeness (QED) is 0.705. The highest BCUT2D eigenvalue weighted by atomic mass is 16.5. The summed E-state index contributed by atoms with van der Waals surface area (Å²) in [5.74, 6) is 0. The van der Waals surface area contributed by atoms with E-state index in [1.807, 2.05) is 0 Å². The number of ether oxygens (including phenoxy) is 2. The Hall–Kier alpha value is -0.120. The molecule has 1 aliphatic carbocycles. The van der Waals surface area contributed by atoms with E-state index in [9.17, 15) is 0 Å². The van der Waals surface area contributed by atoms with E-state index < -0.39 is 0 Å². The first-order chi connectivity index (χ1) is 7.95. The Kier molecular flexibility index (Phi) is 5.59. The SMILES string of the molecule is C(CNC1CCCOC1)COC1CCCC1. The van der Waals surface area contributed by atoms with Crippen molar-refractivity contribution >= 4 is 0 Å². The predicted octanol–water partition coefficient (Wildman–Crippen LogP) is 2.10. The van der Waals surface area contributed by atoms with Gasteiger partial charge in [-0.1, -0.05) is 12.8 Å². The maximum atomic E-state index is 5.82. The second kappa shape index (κ2) is 7.25. The minimum Gasteiger partial charge on any atom is -0.380 e. The van der Waals surface area contributed by atoms with Crippen LogP contribution < -0.4 is 5.32 Å². The smallest absolute Gasteiger partial charge is 0.0619 e. The van der Waals surface area contributed by atoms with Crippen molar-refractivity contribution in [3.63, 3.8) is 0 Å². The predicted molar refractivity (Wildman–Crippen MR) is 64.7 cm³/mol. The molecule has 3 nitrogen and oxygen atoms in total. The van der Waals surface area contributed by atoms with Crippen LogP contribution in [0, 0.1) is 0 Å². The molecule has 1 aliphatic heterocycles. The van der Waals surface area contributed by atoms with Crippen molar-refractivity contribution in [2.45, 2.75) is 57.1 Å². The maximum Gasteiger partial charge on any atom is 0.0619 e. The van der Waals surface area contributed by atoms with Crippen LogP contribution in [0.4, 0.5) is 0 Å². The molecule has 1 unspecified atom stereocenters. The van der Waals surface area contributed by atoms with Crippen LogP contribution in [0.2, 0.25) is 0 Å². The topological polar surface area (TPSA) is 30.5 Å². The first-order valence-corrected chi connectivity index (χ1v) is 6.88. The summed E-state index contributed by atoms with van der Waals surface area (Å²) in [7, 11) is 0. The van der Waals surface area contributed by atoms with Gasteiger partial charge in [-0.3, -0.25) is 0 Å². The van der Waals surface area contributed by atoms with Gasteiger partial charge in [-0.2, -0.15) is 0 Å². The molecule has 3 heteroatoms. The molecule has 0 aromatic carbocycles. The average Bonchev–Trinajstić information content (AvgIpc) is 2.83. The van der Waals surface area contributed by atoms with Gasteiger partial charge in [0.1, 0.15) is 0 Å². The summed E-state index contributed by atoms with van der Waals surface area (Å²) in [6, 6.07) is 0.584. The lowest BCUT2D eigenvalue weighted by atomic mass is 10.1. The minimum atomic E-state index is 0.568. The van der Waals surface area contributed by atoms with Gasteiger partial charge in [0.05, 0.1) is 12.7 Å². The highest BCUT2D eigenvalue weighted by Gasteiger charge is 2.15. The van der Waals surface area contributed by atoms with Gasteiger partial charge in [0.2, 0.25) is 0 Å². The van der Waals surface area contributed by atoms with E-state index in [2.05, 4.69) is 5.32 Å². The fourth-order valence-corrected chi connectivity index (χ4v) is 2.59. The minimum absolute atomic E-state index is 0.568. The Labute approximate surface area is 98.9 Å². The zero-order valence-electron chi connectivity index (χ0n) is 10.2. The Bertz CT molecular complexity index is 175. The van der Waals surface area contributed by atoms with Crippen molar-refractivity contribution < 1.29 is 9.47 Å². The number of hydrogen-bond acceptors (Lipinski definition) is 3. The Morgan fingerprint density at radius 3 is 2.75 bits per heavy atom. The molecule has 2 aliphatic rings. The van der Waals surface area contributed by atoms with E-state index in [0.717, 1.165) is 32.8 Å². The standard InChI is InChI=1S/C13H25NO2/c1-2-7-13(6-1)16-10-4-8-14-12-5-3-9-15-11-12/h12-14H,1-11H2. The van der Waals surface area contributed by atoms with E-state index in [4.69, 9.17) is 9.47 Å². The van der Waals surface area contributed by atoms with Crippen molar-refractivity contribution in [2.24, 2.45) is 0 Å². The van der Waals surface area contributed by atoms with Crippen LogP contribution in [0.15, 0.2) is 0 Å². The summed E-state index contributed by atoms with van der Waals surface area (Å²) in [5, 5.41) is 3.54. The van der Waals surface area contributed by atoms with Crippen molar-refractivity contribution in [1.82, 2.24) is 5.32 Å². The third kappa shape index (κ3) is 4.40. The molecule has 0 aromatic heterocycles. The number of hydrogen-bond donors (Lipinski definition) is 1. The molecule has 16 heavy (non-hydrogen) atoms. The third-order valence-electron chi connectivity index (χ3n) is 3.57. The largest absolute Gasteiger partial charge is 0.380 e. The van der Waals surface area contributed by atoms with Gasteiger partial charge < -0.3 is 14.8 Å². The van der Waals surface area contributed by atoms with E-state index in [1.54, 1.807) is 0 Å². The summed E-state index contributed by atoms with van der Waals surface area (Å²) in [6.07, 6.45) is 9.46. The first kappa shape index (κ1) is 12.3. The average molecular weight is 227 g/mol. The van der Waals surface area contributed by atoms with Crippen molar-refractivity contribution in [1.29, 1.82) is 0 Å². The molecule has 0 amide bonds. The fourth-order valence-electron chi connectivity index (χ4n) is 2.59. The summed E-state index contributed by atoms with van der Waals surface area (Å²) < 4.78 is 11.2. The summed E-state index contributed by atoms with van der Waals surface area (Å²) >= 11 is 0. The third-order valence-corrected chi connectivity index (χ3v) is 3.57. The van der Waals surface area contributed by atoms with Crippen LogP contribution >= 0.6 is 0 Å². The van der Waals surface area contributed by atoms with Gasteiger partial charge in [0.15, 0.2) is 0 Å². The lowest BCUT2D eigenvalue weighted by Gasteiger charge is -2.23. The molecule has 0 radical (unpaired) electrons. The summed E-state index contributed by atoms with van der Waals surface area (Å²) in [6.45, 7) is 3.83. The van der Waals surface area contributed by atoms with Crippen molar-refractivity contribution in [3.8, 4) is 0 Å². The molecule has 1 saturated heterocycles. The molecule has 2 fully saturated rings. The molecule has 1 saturated carbocycles. The van der Waals surface area contributed by atoms with E-state index in [0.29, 0.717) is 12.1 Å². The molecule has 1 N–H and O–H groups in total. The molecule has 0 bridgehead atoms. The van der Waals surface area contributed by atoms with Gasteiger partial charge >= 0.3 is 0 Å². The molecule has 0 aromatic rings. The second-order valence-corrected chi connectivity index (χ2v) is 5.00. The van der Waals surface area contributed by atoms with Crippen LogP contribution in [0.25, 0.3) is 0 Å². The molecular weight excluding hydrogens is 202 g/mol. The molecule has 1 heterocycles. The summed E-state index contributed by atoms with van der Waals surface area (Å²) in [4.78, 5) is 0. The van der Waals surface area contributed by atoms with Gasteiger partial charge in [-0.05, 0) is 38.6 Å². The van der Waals surface area contributed by atoms with Gasteiger partial charge in [-0.25, -0.2) is 0 Å². The van der Waals surface area contributed by atoms with Crippen molar-refractivity contribution in [2.75, 3.05) is 26.4 Å². The van der Waals surface area contributed by atoms with Crippen molar-refractivity contribution in [3.05, 3.63) is 0 Å². The molecule has 1 atom stereocenters.